The molecule has 0 aliphatic carbocycles. The largest absolute Gasteiger partial charge is 5.00 e. The molecule has 147 valence electrons. The molecule has 0 fully saturated rings. The molecule has 7 heteroatoms. The average Bonchev–Trinajstić information content (AvgIpc) is 2.60. The standard InChI is InChI=1S/C21H15N.5H2N.Ru/c1-2-8-19-17(7-1)14-18(20-9-3-4-10-21(19)20)12-11-16-6-5-13-22-15-16;;;;;;/h1-15H;5*1H2;/q;5*-1;+5/b12-11+;;;;;;. The quantitative estimate of drug-likeness (QED) is 0.209. The van der Waals surface area contributed by atoms with E-state index in [4.69, 9.17) is 0 Å². The van der Waals surface area contributed by atoms with Gasteiger partial charge in [-0.05, 0) is 44.8 Å². The van der Waals surface area contributed by atoms with Gasteiger partial charge < -0.3 is 30.8 Å². The summed E-state index contributed by atoms with van der Waals surface area (Å²) in [6, 6.07) is 23.4. The normalized spacial score (nSPS) is 9.00. The van der Waals surface area contributed by atoms with Crippen LogP contribution >= 0.6 is 0 Å². The van der Waals surface area contributed by atoms with Gasteiger partial charge in [0.1, 0.15) is 0 Å². The SMILES string of the molecule is C(=C\c1cc2ccccc2c2ccccc12)/c1cccnc1.[NH2-].[NH2-].[NH2-].[NH2-].[NH2-].[Ru+5]. The molecule has 0 bridgehead atoms. The fraction of sp³-hybridized carbons (Fsp3) is 0. The molecular formula is C21H25N6Ru. The summed E-state index contributed by atoms with van der Waals surface area (Å²) in [7, 11) is 0. The Morgan fingerprint density at radius 1 is 0.607 bits per heavy atom. The monoisotopic (exact) mass is 463 g/mol. The van der Waals surface area contributed by atoms with Gasteiger partial charge in [0.05, 0.1) is 0 Å². The Kier molecular flexibility index (Phi) is 14.7. The molecule has 0 aliphatic heterocycles. The first-order chi connectivity index (χ1) is 10.9. The number of benzene rings is 3. The predicted octanol–water partition coefficient (Wildman–Crippen LogP) is 9.14. The van der Waals surface area contributed by atoms with Crippen molar-refractivity contribution in [1.82, 2.24) is 4.98 Å². The van der Waals surface area contributed by atoms with Crippen LogP contribution in [0.3, 0.4) is 0 Å². The van der Waals surface area contributed by atoms with Crippen molar-refractivity contribution in [3.63, 3.8) is 0 Å². The Labute approximate surface area is 179 Å². The van der Waals surface area contributed by atoms with E-state index in [1.54, 1.807) is 6.20 Å². The molecular weight excluding hydrogens is 437 g/mol. The predicted molar refractivity (Wildman–Crippen MR) is 121 cm³/mol. The third-order valence-corrected chi connectivity index (χ3v) is 3.94. The number of hydrogen-bond donors (Lipinski definition) is 0. The summed E-state index contributed by atoms with van der Waals surface area (Å²) in [6.45, 7) is 0. The molecule has 1 aromatic heterocycles. The van der Waals surface area contributed by atoms with Gasteiger partial charge in [-0.1, -0.05) is 66.7 Å². The topological polar surface area (TPSA) is 180 Å². The van der Waals surface area contributed by atoms with E-state index in [1.165, 1.54) is 27.1 Å². The summed E-state index contributed by atoms with van der Waals surface area (Å²) in [5.74, 6) is 0. The summed E-state index contributed by atoms with van der Waals surface area (Å²) in [5, 5.41) is 5.15. The number of fused-ring (bicyclic) bond motifs is 3. The number of nitrogens with zero attached hydrogens (tertiary/aromatic N) is 1. The van der Waals surface area contributed by atoms with E-state index in [2.05, 4.69) is 77.8 Å². The summed E-state index contributed by atoms with van der Waals surface area (Å²) >= 11 is 0. The number of nitrogens with two attached hydrogens (primary N) is 5. The Morgan fingerprint density at radius 2 is 1.21 bits per heavy atom. The van der Waals surface area contributed by atoms with Crippen LogP contribution in [-0.4, -0.2) is 4.98 Å². The van der Waals surface area contributed by atoms with Crippen molar-refractivity contribution < 1.29 is 19.5 Å². The molecule has 1 heterocycles. The smallest absolute Gasteiger partial charge is 0.693 e. The van der Waals surface area contributed by atoms with Crippen LogP contribution in [0.4, 0.5) is 0 Å². The molecule has 3 aromatic carbocycles. The van der Waals surface area contributed by atoms with E-state index < -0.39 is 0 Å². The zero-order valence-electron chi connectivity index (χ0n) is 15.3. The number of rotatable bonds is 2. The van der Waals surface area contributed by atoms with Crippen molar-refractivity contribution in [1.29, 1.82) is 0 Å². The first-order valence-corrected chi connectivity index (χ1v) is 7.40. The van der Waals surface area contributed by atoms with Crippen LogP contribution in [0, 0.1) is 0 Å². The Balaban J connectivity index is -0.00000104. The number of aromatic nitrogens is 1. The van der Waals surface area contributed by atoms with Crippen molar-refractivity contribution in [2.45, 2.75) is 0 Å². The molecule has 0 spiro atoms. The Morgan fingerprint density at radius 3 is 1.86 bits per heavy atom. The van der Waals surface area contributed by atoms with Gasteiger partial charge in [-0.25, -0.2) is 0 Å². The van der Waals surface area contributed by atoms with E-state index in [0.717, 1.165) is 5.56 Å². The van der Waals surface area contributed by atoms with Gasteiger partial charge in [0.15, 0.2) is 0 Å². The molecule has 0 atom stereocenters. The molecule has 10 N–H and O–H groups in total. The molecule has 6 nitrogen and oxygen atoms in total. The molecule has 4 aromatic rings. The first kappa shape index (κ1) is 30.2. The van der Waals surface area contributed by atoms with Crippen molar-refractivity contribution in [2.24, 2.45) is 0 Å². The van der Waals surface area contributed by atoms with Crippen molar-refractivity contribution in [3.8, 4) is 0 Å². The minimum Gasteiger partial charge on any atom is -0.693 e. The van der Waals surface area contributed by atoms with E-state index >= 15 is 0 Å². The van der Waals surface area contributed by atoms with E-state index in [1.807, 2.05) is 12.3 Å². The number of pyridine rings is 1. The third kappa shape index (κ3) is 6.00. The molecule has 0 unspecified atom stereocenters. The van der Waals surface area contributed by atoms with Gasteiger partial charge in [0.2, 0.25) is 0 Å². The maximum absolute atomic E-state index is 4.16. The van der Waals surface area contributed by atoms with Crippen molar-refractivity contribution in [2.75, 3.05) is 0 Å². The Hall–Kier alpha value is -2.51. The third-order valence-electron chi connectivity index (χ3n) is 3.94. The van der Waals surface area contributed by atoms with Gasteiger partial charge in [-0.15, -0.1) is 0 Å². The van der Waals surface area contributed by atoms with Crippen LogP contribution in [-0.2, 0) is 19.5 Å². The van der Waals surface area contributed by atoms with Crippen LogP contribution in [0.1, 0.15) is 11.1 Å². The van der Waals surface area contributed by atoms with Crippen LogP contribution in [0.25, 0.3) is 64.4 Å². The summed E-state index contributed by atoms with van der Waals surface area (Å²) in [4.78, 5) is 4.16. The van der Waals surface area contributed by atoms with Crippen LogP contribution < -0.4 is 0 Å². The van der Waals surface area contributed by atoms with E-state index in [-0.39, 0.29) is 50.2 Å². The number of hydrogen-bond acceptors (Lipinski definition) is 1. The van der Waals surface area contributed by atoms with Crippen LogP contribution in [0.2, 0.25) is 0 Å². The van der Waals surface area contributed by atoms with Gasteiger partial charge in [0, 0.05) is 12.4 Å². The molecule has 4 rings (SSSR count). The maximum Gasteiger partial charge on any atom is 5.00 e. The second kappa shape index (κ2) is 13.6. The van der Waals surface area contributed by atoms with E-state index in [0.29, 0.717) is 0 Å². The second-order valence-electron chi connectivity index (χ2n) is 5.35. The molecule has 0 saturated heterocycles. The van der Waals surface area contributed by atoms with Gasteiger partial charge in [-0.3, -0.25) is 4.98 Å². The summed E-state index contributed by atoms with van der Waals surface area (Å²) in [6.07, 6.45) is 7.96. The van der Waals surface area contributed by atoms with Crippen LogP contribution in [0.15, 0.2) is 79.1 Å². The van der Waals surface area contributed by atoms with Crippen molar-refractivity contribution in [3.05, 3.63) is 121 Å². The minimum atomic E-state index is 0. The molecule has 0 amide bonds. The minimum absolute atomic E-state index is 0. The molecule has 28 heavy (non-hydrogen) atoms. The Bertz CT molecular complexity index is 990. The van der Waals surface area contributed by atoms with Crippen LogP contribution in [0.5, 0.6) is 0 Å². The zero-order chi connectivity index (χ0) is 14.8. The zero-order valence-corrected chi connectivity index (χ0v) is 17.1. The molecule has 0 saturated carbocycles. The molecule has 1 radical (unpaired) electrons. The summed E-state index contributed by atoms with van der Waals surface area (Å²) in [5.41, 5.74) is 2.35. The van der Waals surface area contributed by atoms with Gasteiger partial charge >= 0.3 is 19.5 Å². The van der Waals surface area contributed by atoms with Gasteiger partial charge in [0.25, 0.3) is 0 Å². The van der Waals surface area contributed by atoms with Crippen molar-refractivity contribution >= 4 is 33.7 Å². The summed E-state index contributed by atoms with van der Waals surface area (Å²) < 4.78 is 0. The molecule has 0 aliphatic rings. The first-order valence-electron chi connectivity index (χ1n) is 7.40. The van der Waals surface area contributed by atoms with Gasteiger partial charge in [-0.2, -0.15) is 0 Å². The fourth-order valence-electron chi connectivity index (χ4n) is 2.88. The maximum atomic E-state index is 4.16. The van der Waals surface area contributed by atoms with E-state index in [9.17, 15) is 0 Å². The average molecular weight is 463 g/mol. The second-order valence-corrected chi connectivity index (χ2v) is 5.35. The fourth-order valence-corrected chi connectivity index (χ4v) is 2.88.